The lowest BCUT2D eigenvalue weighted by molar-refractivity contribution is -0.119. The maximum atomic E-state index is 13.6. The number of nitrogens with zero attached hydrogens (tertiary/aromatic N) is 2. The highest BCUT2D eigenvalue weighted by Crippen LogP contribution is 2.25. The lowest BCUT2D eigenvalue weighted by Crippen LogP contribution is -2.53. The quantitative estimate of drug-likeness (QED) is 0.413. The average Bonchev–Trinajstić information content (AvgIpc) is 3.03. The maximum Gasteiger partial charge on any atom is 0.293 e. The van der Waals surface area contributed by atoms with Gasteiger partial charge >= 0.3 is 0 Å². The van der Waals surface area contributed by atoms with Gasteiger partial charge in [0.05, 0.1) is 11.1 Å². The molecule has 0 unspecified atom stereocenters. The molecule has 0 atom stereocenters. The molecule has 1 aromatic carbocycles. The number of Topliss-reactive ketones (excluding diaryl/α,β-unsaturated/α-hetero) is 1. The van der Waals surface area contributed by atoms with Crippen LogP contribution < -0.4 is 10.6 Å². The third kappa shape index (κ3) is 4.50. The number of aromatic nitrogens is 1. The molecular formula is C24H23FN4O4. The summed E-state index contributed by atoms with van der Waals surface area (Å²) in [6.45, 7) is 3.95. The Bertz CT molecular complexity index is 1230. The first-order valence-corrected chi connectivity index (χ1v) is 10.2. The van der Waals surface area contributed by atoms with Crippen LogP contribution in [-0.4, -0.2) is 40.9 Å². The maximum absolute atomic E-state index is 13.6. The molecule has 2 heterocycles. The van der Waals surface area contributed by atoms with Crippen molar-refractivity contribution in [3.63, 3.8) is 0 Å². The van der Waals surface area contributed by atoms with E-state index in [1.807, 2.05) is 0 Å². The molecule has 2 aromatic rings. The van der Waals surface area contributed by atoms with Crippen LogP contribution >= 0.6 is 0 Å². The third-order valence-electron chi connectivity index (χ3n) is 5.90. The first kappa shape index (κ1) is 23.7. The van der Waals surface area contributed by atoms with Crippen LogP contribution in [0.15, 0.2) is 18.2 Å². The number of halogens is 1. The van der Waals surface area contributed by atoms with Crippen LogP contribution in [0.5, 0.6) is 0 Å². The minimum absolute atomic E-state index is 0.108. The third-order valence-corrected chi connectivity index (χ3v) is 5.90. The summed E-state index contributed by atoms with van der Waals surface area (Å²) >= 11 is 0. The fraction of sp³-hybridized carbons (Fsp3) is 0.333. The molecule has 1 saturated heterocycles. The fourth-order valence-electron chi connectivity index (χ4n) is 3.93. The van der Waals surface area contributed by atoms with Crippen molar-refractivity contribution >= 4 is 23.3 Å². The molecule has 1 aliphatic heterocycles. The predicted octanol–water partition coefficient (Wildman–Crippen LogP) is 2.39. The second kappa shape index (κ2) is 9.27. The van der Waals surface area contributed by atoms with E-state index in [1.165, 1.54) is 16.7 Å². The number of terminal acetylenes is 1. The summed E-state index contributed by atoms with van der Waals surface area (Å²) in [4.78, 5) is 38.8. The Hall–Kier alpha value is -3.95. The van der Waals surface area contributed by atoms with E-state index in [4.69, 9.17) is 16.4 Å². The number of anilines is 1. The average molecular weight is 450 g/mol. The van der Waals surface area contributed by atoms with Crippen molar-refractivity contribution < 1.29 is 23.5 Å². The highest BCUT2D eigenvalue weighted by Gasteiger charge is 2.36. The van der Waals surface area contributed by atoms with Crippen molar-refractivity contribution in [1.82, 2.24) is 9.88 Å². The number of rotatable bonds is 5. The molecule has 3 rings (SSSR count). The SMILES string of the molecule is C#CC1(NC(=O)C(=O)c2c(C)c(C(=O)Nc3ccc(F)c(C#N)c3)n(C)c2C)CCOCC1. The van der Waals surface area contributed by atoms with Crippen molar-refractivity contribution in [3.05, 3.63) is 52.1 Å². The molecule has 0 bridgehead atoms. The van der Waals surface area contributed by atoms with Gasteiger partial charge in [-0.3, -0.25) is 14.4 Å². The molecule has 0 saturated carbocycles. The molecule has 1 fully saturated rings. The van der Waals surface area contributed by atoms with Gasteiger partial charge in [-0.15, -0.1) is 6.42 Å². The largest absolute Gasteiger partial charge is 0.381 e. The highest BCUT2D eigenvalue weighted by atomic mass is 19.1. The molecule has 0 aliphatic carbocycles. The normalized spacial score (nSPS) is 14.6. The predicted molar refractivity (Wildman–Crippen MR) is 118 cm³/mol. The van der Waals surface area contributed by atoms with Crippen LogP contribution in [0.2, 0.25) is 0 Å². The summed E-state index contributed by atoms with van der Waals surface area (Å²) in [6.07, 6.45) is 6.41. The van der Waals surface area contributed by atoms with E-state index >= 15 is 0 Å². The van der Waals surface area contributed by atoms with Gasteiger partial charge in [-0.1, -0.05) is 5.92 Å². The fourth-order valence-corrected chi connectivity index (χ4v) is 3.93. The first-order chi connectivity index (χ1) is 15.6. The number of amides is 2. The Morgan fingerprint density at radius 1 is 1.24 bits per heavy atom. The van der Waals surface area contributed by atoms with E-state index in [0.717, 1.165) is 6.07 Å². The van der Waals surface area contributed by atoms with Gasteiger partial charge in [-0.25, -0.2) is 4.39 Å². The molecule has 0 spiro atoms. The van der Waals surface area contributed by atoms with Crippen LogP contribution in [0.4, 0.5) is 10.1 Å². The highest BCUT2D eigenvalue weighted by molar-refractivity contribution is 6.44. The molecule has 33 heavy (non-hydrogen) atoms. The van der Waals surface area contributed by atoms with Gasteiger partial charge in [0.25, 0.3) is 17.6 Å². The van der Waals surface area contributed by atoms with E-state index in [2.05, 4.69) is 16.6 Å². The van der Waals surface area contributed by atoms with Crippen molar-refractivity contribution in [1.29, 1.82) is 5.26 Å². The van der Waals surface area contributed by atoms with Gasteiger partial charge in [0.1, 0.15) is 23.1 Å². The number of hydrogen-bond acceptors (Lipinski definition) is 5. The number of carbonyl (C=O) groups excluding carboxylic acids is 3. The second-order valence-corrected chi connectivity index (χ2v) is 7.88. The van der Waals surface area contributed by atoms with Crippen molar-refractivity contribution in [3.8, 4) is 18.4 Å². The summed E-state index contributed by atoms with van der Waals surface area (Å²) in [7, 11) is 1.60. The summed E-state index contributed by atoms with van der Waals surface area (Å²) in [6, 6.07) is 5.33. The van der Waals surface area contributed by atoms with Crippen LogP contribution in [0.1, 0.15) is 50.5 Å². The van der Waals surface area contributed by atoms with E-state index in [0.29, 0.717) is 37.3 Å². The number of nitriles is 1. The Kier molecular flexibility index (Phi) is 6.66. The molecule has 2 N–H and O–H groups in total. The number of nitrogens with one attached hydrogen (secondary N) is 2. The molecule has 2 amide bonds. The van der Waals surface area contributed by atoms with Crippen LogP contribution in [0.25, 0.3) is 0 Å². The number of ether oxygens (including phenoxy) is 1. The molecular weight excluding hydrogens is 427 g/mol. The molecule has 9 heteroatoms. The molecule has 0 radical (unpaired) electrons. The zero-order valence-corrected chi connectivity index (χ0v) is 18.5. The topological polar surface area (TPSA) is 113 Å². The van der Waals surface area contributed by atoms with Crippen LogP contribution in [0.3, 0.4) is 0 Å². The van der Waals surface area contributed by atoms with Gasteiger partial charge in [-0.05, 0) is 37.6 Å². The van der Waals surface area contributed by atoms with Crippen LogP contribution in [0, 0.1) is 43.3 Å². The zero-order chi connectivity index (χ0) is 24.3. The summed E-state index contributed by atoms with van der Waals surface area (Å²) in [5.41, 5.74) is 0.0600. The van der Waals surface area contributed by atoms with Gasteiger partial charge in [0.15, 0.2) is 0 Å². The number of benzene rings is 1. The summed E-state index contributed by atoms with van der Waals surface area (Å²) < 4.78 is 20.4. The van der Waals surface area contributed by atoms with E-state index in [9.17, 15) is 18.8 Å². The van der Waals surface area contributed by atoms with Crippen molar-refractivity contribution in [2.24, 2.45) is 7.05 Å². The Balaban J connectivity index is 1.88. The monoisotopic (exact) mass is 450 g/mol. The standard InChI is InChI=1S/C24H23FN4O4/c1-5-24(8-10-33-11-9-24)28-23(32)21(30)19-14(2)20(29(4)15(19)3)22(31)27-17-6-7-18(25)16(12-17)13-26/h1,6-7,12H,8-11H2,2-4H3,(H,27,31)(H,28,32). The lowest BCUT2D eigenvalue weighted by atomic mass is 9.90. The molecule has 170 valence electrons. The van der Waals surface area contributed by atoms with Crippen molar-refractivity contribution in [2.75, 3.05) is 18.5 Å². The van der Waals surface area contributed by atoms with Crippen molar-refractivity contribution in [2.45, 2.75) is 32.2 Å². The second-order valence-electron chi connectivity index (χ2n) is 7.88. The number of hydrogen-bond donors (Lipinski definition) is 2. The van der Waals surface area contributed by atoms with E-state index < -0.39 is 29.0 Å². The van der Waals surface area contributed by atoms with Gasteiger partial charge < -0.3 is 19.9 Å². The Morgan fingerprint density at radius 3 is 2.52 bits per heavy atom. The number of ketones is 1. The van der Waals surface area contributed by atoms with Crippen LogP contribution in [-0.2, 0) is 16.6 Å². The van der Waals surface area contributed by atoms with Gasteiger partial charge in [0, 0.05) is 44.5 Å². The minimum Gasteiger partial charge on any atom is -0.381 e. The number of carbonyl (C=O) groups is 3. The van der Waals surface area contributed by atoms with E-state index in [1.54, 1.807) is 27.0 Å². The lowest BCUT2D eigenvalue weighted by Gasteiger charge is -2.33. The summed E-state index contributed by atoms with van der Waals surface area (Å²) in [5.74, 6) is -0.343. The van der Waals surface area contributed by atoms with Gasteiger partial charge in [0.2, 0.25) is 0 Å². The molecule has 1 aromatic heterocycles. The zero-order valence-electron chi connectivity index (χ0n) is 18.5. The Labute approximate surface area is 190 Å². The molecule has 8 nitrogen and oxygen atoms in total. The van der Waals surface area contributed by atoms with Gasteiger partial charge in [-0.2, -0.15) is 5.26 Å². The van der Waals surface area contributed by atoms with E-state index in [-0.39, 0.29) is 22.5 Å². The molecule has 1 aliphatic rings. The minimum atomic E-state index is -0.956. The smallest absolute Gasteiger partial charge is 0.293 e. The summed E-state index contributed by atoms with van der Waals surface area (Å²) in [5, 5.41) is 14.3. The first-order valence-electron chi connectivity index (χ1n) is 10.2. The Morgan fingerprint density at radius 2 is 1.91 bits per heavy atom.